The average molecular weight is 291 g/mol. The number of anilines is 1. The van der Waals surface area contributed by atoms with Crippen molar-refractivity contribution in [3.63, 3.8) is 0 Å². The average Bonchev–Trinajstić information content (AvgIpc) is 2.62. The van der Waals surface area contributed by atoms with Crippen molar-refractivity contribution in [3.05, 3.63) is 28.8 Å². The summed E-state index contributed by atoms with van der Waals surface area (Å²) in [6.45, 7) is 5.65. The topological polar surface area (TPSA) is 61.2 Å². The zero-order valence-corrected chi connectivity index (χ0v) is 12.4. The largest absolute Gasteiger partial charge is 0.274 e. The van der Waals surface area contributed by atoms with Crippen molar-refractivity contribution in [1.82, 2.24) is 0 Å². The molecule has 1 saturated heterocycles. The summed E-state index contributed by atoms with van der Waals surface area (Å²) in [4.78, 5) is 25.9. The minimum absolute atomic E-state index is 0.0566. The second-order valence-corrected chi connectivity index (χ2v) is 5.97. The second kappa shape index (κ2) is 4.92. The van der Waals surface area contributed by atoms with Gasteiger partial charge in [-0.1, -0.05) is 25.4 Å². The third-order valence-corrected chi connectivity index (χ3v) is 4.35. The molecule has 1 heterocycles. The maximum absolute atomic E-state index is 12.6. The number of halogens is 1. The molecule has 2 rings (SSSR count). The number of amides is 2. The molecule has 1 unspecified atom stereocenters. The fourth-order valence-electron chi connectivity index (χ4n) is 2.29. The molecule has 4 nitrogen and oxygen atoms in total. The first-order valence-corrected chi connectivity index (χ1v) is 6.76. The number of hydrogen-bond donors (Lipinski definition) is 0. The van der Waals surface area contributed by atoms with Gasteiger partial charge in [-0.2, -0.15) is 5.26 Å². The van der Waals surface area contributed by atoms with Crippen molar-refractivity contribution in [3.8, 4) is 6.07 Å². The molecule has 0 bridgehead atoms. The normalized spacial score (nSPS) is 22.5. The lowest BCUT2D eigenvalue weighted by atomic mass is 9.78. The highest BCUT2D eigenvalue weighted by atomic mass is 35.5. The van der Waals surface area contributed by atoms with E-state index >= 15 is 0 Å². The van der Waals surface area contributed by atoms with Gasteiger partial charge in [0.15, 0.2) is 0 Å². The number of carbonyl (C=O) groups is 2. The number of nitriles is 1. The molecule has 0 spiro atoms. The van der Waals surface area contributed by atoms with E-state index in [1.807, 2.05) is 19.9 Å². The van der Waals surface area contributed by atoms with Gasteiger partial charge < -0.3 is 0 Å². The van der Waals surface area contributed by atoms with E-state index in [9.17, 15) is 9.59 Å². The van der Waals surface area contributed by atoms with Crippen LogP contribution in [0.5, 0.6) is 0 Å². The van der Waals surface area contributed by atoms with Crippen LogP contribution < -0.4 is 4.90 Å². The molecule has 0 aliphatic carbocycles. The van der Waals surface area contributed by atoms with Crippen LogP contribution in [0.15, 0.2) is 18.2 Å². The van der Waals surface area contributed by atoms with Crippen molar-refractivity contribution in [2.75, 3.05) is 4.90 Å². The number of imide groups is 1. The van der Waals surface area contributed by atoms with Gasteiger partial charge in [0.25, 0.3) is 0 Å². The summed E-state index contributed by atoms with van der Waals surface area (Å²) in [5, 5.41) is 9.06. The van der Waals surface area contributed by atoms with Gasteiger partial charge in [0.1, 0.15) is 0 Å². The fraction of sp³-hybridized carbons (Fsp3) is 0.400. The van der Waals surface area contributed by atoms with E-state index in [0.717, 1.165) is 4.90 Å². The Kier molecular flexibility index (Phi) is 3.58. The SMILES string of the molecule is CC(C)C1(C)CC(=O)N(c2ccc(C#N)cc2Cl)C1=O. The van der Waals surface area contributed by atoms with Gasteiger partial charge in [-0.25, -0.2) is 4.90 Å². The number of benzene rings is 1. The zero-order chi connectivity index (χ0) is 15.1. The Balaban J connectivity index is 2.47. The summed E-state index contributed by atoms with van der Waals surface area (Å²) < 4.78 is 0. The summed E-state index contributed by atoms with van der Waals surface area (Å²) in [6, 6.07) is 6.52. The highest BCUT2D eigenvalue weighted by molar-refractivity contribution is 6.36. The van der Waals surface area contributed by atoms with Crippen LogP contribution in [0.1, 0.15) is 32.8 Å². The van der Waals surface area contributed by atoms with Crippen molar-refractivity contribution in [1.29, 1.82) is 5.26 Å². The number of carbonyl (C=O) groups excluding carboxylic acids is 2. The Morgan fingerprint density at radius 1 is 1.40 bits per heavy atom. The summed E-state index contributed by atoms with van der Waals surface area (Å²) in [5.74, 6) is -0.428. The Bertz CT molecular complexity index is 633. The molecule has 1 aliphatic heterocycles. The third-order valence-electron chi connectivity index (χ3n) is 4.05. The summed E-state index contributed by atoms with van der Waals surface area (Å²) in [5.41, 5.74) is 0.0448. The predicted molar refractivity (Wildman–Crippen MR) is 76.2 cm³/mol. The molecule has 0 radical (unpaired) electrons. The van der Waals surface area contributed by atoms with Crippen molar-refractivity contribution in [2.45, 2.75) is 27.2 Å². The first-order chi connectivity index (χ1) is 9.31. The molecule has 0 saturated carbocycles. The smallest absolute Gasteiger partial charge is 0.240 e. The van der Waals surface area contributed by atoms with Crippen molar-refractivity contribution >= 4 is 29.1 Å². The maximum Gasteiger partial charge on any atom is 0.240 e. The Labute approximate surface area is 122 Å². The van der Waals surface area contributed by atoms with E-state index in [2.05, 4.69) is 0 Å². The highest BCUT2D eigenvalue weighted by Crippen LogP contribution is 2.42. The molecule has 1 aromatic carbocycles. The van der Waals surface area contributed by atoms with Gasteiger partial charge in [0.2, 0.25) is 11.8 Å². The molecule has 5 heteroatoms. The Hall–Kier alpha value is -1.86. The predicted octanol–water partition coefficient (Wildman–Crippen LogP) is 3.14. The standard InChI is InChI=1S/C15H15ClN2O2/c1-9(2)15(3)7-13(19)18(14(15)20)12-5-4-10(8-17)6-11(12)16/h4-6,9H,7H2,1-3H3. The van der Waals surface area contributed by atoms with E-state index in [0.29, 0.717) is 11.3 Å². The van der Waals surface area contributed by atoms with Crippen LogP contribution in [0.3, 0.4) is 0 Å². The van der Waals surface area contributed by atoms with Crippen LogP contribution in [-0.2, 0) is 9.59 Å². The van der Waals surface area contributed by atoms with Crippen LogP contribution in [0, 0.1) is 22.7 Å². The van der Waals surface area contributed by atoms with E-state index in [-0.39, 0.29) is 29.2 Å². The quantitative estimate of drug-likeness (QED) is 0.786. The fourth-order valence-corrected chi connectivity index (χ4v) is 2.56. The molecule has 104 valence electrons. The second-order valence-electron chi connectivity index (χ2n) is 5.56. The molecule has 1 aliphatic rings. The van der Waals surface area contributed by atoms with Crippen LogP contribution in [0.2, 0.25) is 5.02 Å². The van der Waals surface area contributed by atoms with Gasteiger partial charge in [-0.15, -0.1) is 0 Å². The van der Waals surface area contributed by atoms with Crippen LogP contribution in [0.4, 0.5) is 5.69 Å². The first kappa shape index (κ1) is 14.5. The third kappa shape index (κ3) is 2.08. The molecular weight excluding hydrogens is 276 g/mol. The molecule has 1 fully saturated rings. The summed E-state index contributed by atoms with van der Waals surface area (Å²) in [6.07, 6.45) is 0.180. The van der Waals surface area contributed by atoms with Gasteiger partial charge >= 0.3 is 0 Å². The maximum atomic E-state index is 12.6. The molecule has 20 heavy (non-hydrogen) atoms. The van der Waals surface area contributed by atoms with Gasteiger partial charge in [0, 0.05) is 6.42 Å². The molecule has 0 N–H and O–H groups in total. The van der Waals surface area contributed by atoms with Crippen LogP contribution >= 0.6 is 11.6 Å². The van der Waals surface area contributed by atoms with Gasteiger partial charge in [0.05, 0.1) is 27.8 Å². The van der Waals surface area contributed by atoms with Crippen molar-refractivity contribution in [2.24, 2.45) is 11.3 Å². The number of hydrogen-bond acceptors (Lipinski definition) is 3. The summed E-state index contributed by atoms with van der Waals surface area (Å²) in [7, 11) is 0. The van der Waals surface area contributed by atoms with Crippen molar-refractivity contribution < 1.29 is 9.59 Å². The Morgan fingerprint density at radius 3 is 2.50 bits per heavy atom. The van der Waals surface area contributed by atoms with E-state index in [4.69, 9.17) is 16.9 Å². The Morgan fingerprint density at radius 2 is 2.05 bits per heavy atom. The van der Waals surface area contributed by atoms with Gasteiger partial charge in [-0.3, -0.25) is 9.59 Å². The number of rotatable bonds is 2. The molecule has 2 amide bonds. The molecule has 0 aromatic heterocycles. The minimum Gasteiger partial charge on any atom is -0.274 e. The lowest BCUT2D eigenvalue weighted by Crippen LogP contribution is -2.37. The van der Waals surface area contributed by atoms with Crippen LogP contribution in [-0.4, -0.2) is 11.8 Å². The first-order valence-electron chi connectivity index (χ1n) is 6.38. The lowest BCUT2D eigenvalue weighted by Gasteiger charge is -2.26. The molecule has 1 atom stereocenters. The minimum atomic E-state index is -0.700. The molecular formula is C15H15ClN2O2. The lowest BCUT2D eigenvalue weighted by molar-refractivity contribution is -0.126. The van der Waals surface area contributed by atoms with E-state index < -0.39 is 5.41 Å². The highest BCUT2D eigenvalue weighted by Gasteiger charge is 2.50. The van der Waals surface area contributed by atoms with E-state index in [1.54, 1.807) is 19.1 Å². The zero-order valence-electron chi connectivity index (χ0n) is 11.6. The number of nitrogens with zero attached hydrogens (tertiary/aromatic N) is 2. The monoisotopic (exact) mass is 290 g/mol. The molecule has 1 aromatic rings. The van der Waals surface area contributed by atoms with Crippen LogP contribution in [0.25, 0.3) is 0 Å². The van der Waals surface area contributed by atoms with E-state index in [1.165, 1.54) is 6.07 Å². The van der Waals surface area contributed by atoms with Gasteiger partial charge in [-0.05, 0) is 31.0 Å². The summed E-state index contributed by atoms with van der Waals surface area (Å²) >= 11 is 6.09.